The van der Waals surface area contributed by atoms with E-state index in [2.05, 4.69) is 35.1 Å². The Bertz CT molecular complexity index is 508. The molecule has 0 radical (unpaired) electrons. The van der Waals surface area contributed by atoms with Crippen molar-refractivity contribution >= 4 is 33.6 Å². The largest absolute Gasteiger partial charge is 0.486 e. The number of carbonyl (C=O) groups excluding carboxylic acids is 1. The number of ether oxygens (including phenoxy) is 2. The fourth-order valence-electron chi connectivity index (χ4n) is 1.84. The molecular formula is C15H20BrNO3S. The van der Waals surface area contributed by atoms with Gasteiger partial charge in [0, 0.05) is 16.8 Å². The van der Waals surface area contributed by atoms with Crippen LogP contribution in [0.1, 0.15) is 19.4 Å². The van der Waals surface area contributed by atoms with Crippen molar-refractivity contribution in [1.82, 2.24) is 5.32 Å². The third-order valence-electron chi connectivity index (χ3n) is 2.91. The first-order chi connectivity index (χ1) is 10.1. The topological polar surface area (TPSA) is 47.6 Å². The Morgan fingerprint density at radius 3 is 2.67 bits per heavy atom. The molecule has 21 heavy (non-hydrogen) atoms. The van der Waals surface area contributed by atoms with E-state index in [1.165, 1.54) is 0 Å². The molecule has 4 nitrogen and oxygen atoms in total. The average molecular weight is 374 g/mol. The molecule has 0 atom stereocenters. The molecule has 116 valence electrons. The van der Waals surface area contributed by atoms with Crippen LogP contribution in [-0.4, -0.2) is 31.4 Å². The number of rotatable bonds is 6. The molecule has 1 heterocycles. The molecule has 1 N–H and O–H groups in total. The van der Waals surface area contributed by atoms with Gasteiger partial charge in [-0.1, -0.05) is 29.8 Å². The zero-order valence-corrected chi connectivity index (χ0v) is 14.7. The fourth-order valence-corrected chi connectivity index (χ4v) is 3.34. The number of halogens is 1. The van der Waals surface area contributed by atoms with E-state index in [9.17, 15) is 4.79 Å². The van der Waals surface area contributed by atoms with Crippen molar-refractivity contribution in [2.24, 2.45) is 5.92 Å². The number of thioether (sulfide) groups is 1. The second-order valence-electron chi connectivity index (χ2n) is 5.28. The van der Waals surface area contributed by atoms with Crippen LogP contribution in [0.3, 0.4) is 0 Å². The van der Waals surface area contributed by atoms with Crippen LogP contribution in [0.2, 0.25) is 0 Å². The van der Waals surface area contributed by atoms with Gasteiger partial charge in [-0.2, -0.15) is 0 Å². The van der Waals surface area contributed by atoms with E-state index in [1.807, 2.05) is 12.1 Å². The number of hydrogen-bond acceptors (Lipinski definition) is 4. The van der Waals surface area contributed by atoms with Crippen LogP contribution in [-0.2, 0) is 10.5 Å². The predicted octanol–water partition coefficient (Wildman–Crippen LogP) is 3.23. The van der Waals surface area contributed by atoms with Crippen molar-refractivity contribution < 1.29 is 14.3 Å². The zero-order valence-electron chi connectivity index (χ0n) is 12.3. The smallest absolute Gasteiger partial charge is 0.230 e. The van der Waals surface area contributed by atoms with Crippen LogP contribution < -0.4 is 14.8 Å². The Hall–Kier alpha value is -0.880. The van der Waals surface area contributed by atoms with Gasteiger partial charge in [0.05, 0.1) is 5.75 Å². The van der Waals surface area contributed by atoms with Crippen LogP contribution >= 0.6 is 27.7 Å². The first kappa shape index (κ1) is 16.5. The minimum atomic E-state index is 0.0855. The summed E-state index contributed by atoms with van der Waals surface area (Å²) in [6, 6.07) is 3.92. The number of carbonyl (C=O) groups is 1. The zero-order chi connectivity index (χ0) is 15.2. The second kappa shape index (κ2) is 7.94. The Balaban J connectivity index is 1.84. The summed E-state index contributed by atoms with van der Waals surface area (Å²) in [6.07, 6.45) is 0. The molecule has 0 aliphatic carbocycles. The lowest BCUT2D eigenvalue weighted by Crippen LogP contribution is -2.28. The Morgan fingerprint density at radius 2 is 2.00 bits per heavy atom. The lowest BCUT2D eigenvalue weighted by Gasteiger charge is -2.19. The van der Waals surface area contributed by atoms with Crippen LogP contribution in [0.25, 0.3) is 0 Å². The summed E-state index contributed by atoms with van der Waals surface area (Å²) in [6.45, 7) is 6.06. The van der Waals surface area contributed by atoms with Gasteiger partial charge in [0.25, 0.3) is 0 Å². The van der Waals surface area contributed by atoms with Crippen molar-refractivity contribution in [2.45, 2.75) is 19.6 Å². The highest BCUT2D eigenvalue weighted by atomic mass is 79.9. The van der Waals surface area contributed by atoms with E-state index in [4.69, 9.17) is 9.47 Å². The minimum Gasteiger partial charge on any atom is -0.486 e. The van der Waals surface area contributed by atoms with Gasteiger partial charge in [-0.05, 0) is 23.6 Å². The molecule has 0 unspecified atom stereocenters. The van der Waals surface area contributed by atoms with Gasteiger partial charge in [0.15, 0.2) is 11.5 Å². The standard InChI is InChI=1S/C15H20BrNO3S/c1-10(2)7-17-15(18)9-21-8-11-5-13-14(6-12(11)16)20-4-3-19-13/h5-6,10H,3-4,7-9H2,1-2H3,(H,17,18). The van der Waals surface area contributed by atoms with Crippen LogP contribution in [0, 0.1) is 5.92 Å². The SMILES string of the molecule is CC(C)CNC(=O)CSCc1cc2c(cc1Br)OCCO2. The van der Waals surface area contributed by atoms with Crippen molar-refractivity contribution in [1.29, 1.82) is 0 Å². The Kier molecular flexibility index (Phi) is 6.23. The number of fused-ring (bicyclic) bond motifs is 1. The van der Waals surface area contributed by atoms with Gasteiger partial charge < -0.3 is 14.8 Å². The summed E-state index contributed by atoms with van der Waals surface area (Å²) in [5.41, 5.74) is 1.11. The Labute approximate surface area is 138 Å². The second-order valence-corrected chi connectivity index (χ2v) is 7.12. The van der Waals surface area contributed by atoms with E-state index < -0.39 is 0 Å². The van der Waals surface area contributed by atoms with E-state index in [-0.39, 0.29) is 5.91 Å². The molecule has 1 aromatic carbocycles. The van der Waals surface area contributed by atoms with Gasteiger partial charge >= 0.3 is 0 Å². The number of hydrogen-bond donors (Lipinski definition) is 1. The first-order valence-electron chi connectivity index (χ1n) is 6.98. The van der Waals surface area contributed by atoms with E-state index in [1.54, 1.807) is 11.8 Å². The summed E-state index contributed by atoms with van der Waals surface area (Å²) < 4.78 is 12.1. The highest BCUT2D eigenvalue weighted by Crippen LogP contribution is 2.36. The number of benzene rings is 1. The molecule has 2 rings (SSSR count). The van der Waals surface area contributed by atoms with Crippen molar-refractivity contribution in [3.63, 3.8) is 0 Å². The van der Waals surface area contributed by atoms with Crippen LogP contribution in [0.15, 0.2) is 16.6 Å². The van der Waals surface area contributed by atoms with Crippen molar-refractivity contribution in [3.8, 4) is 11.5 Å². The van der Waals surface area contributed by atoms with Gasteiger partial charge in [0.2, 0.25) is 5.91 Å². The van der Waals surface area contributed by atoms with Gasteiger partial charge in [-0.15, -0.1) is 11.8 Å². The maximum atomic E-state index is 11.7. The maximum Gasteiger partial charge on any atom is 0.230 e. The first-order valence-corrected chi connectivity index (χ1v) is 8.93. The molecule has 1 aliphatic rings. The highest BCUT2D eigenvalue weighted by molar-refractivity contribution is 9.10. The maximum absolute atomic E-state index is 11.7. The normalized spacial score (nSPS) is 13.3. The monoisotopic (exact) mass is 373 g/mol. The molecule has 1 aromatic rings. The molecule has 1 amide bonds. The summed E-state index contributed by atoms with van der Waals surface area (Å²) >= 11 is 5.14. The minimum absolute atomic E-state index is 0.0855. The molecule has 0 aromatic heterocycles. The summed E-state index contributed by atoms with van der Waals surface area (Å²) in [5, 5.41) is 2.92. The molecule has 0 fully saturated rings. The quantitative estimate of drug-likeness (QED) is 0.831. The van der Waals surface area contributed by atoms with Gasteiger partial charge in [-0.3, -0.25) is 4.79 Å². The highest BCUT2D eigenvalue weighted by Gasteiger charge is 2.15. The van der Waals surface area contributed by atoms with Crippen molar-refractivity contribution in [3.05, 3.63) is 22.2 Å². The molecule has 1 aliphatic heterocycles. The summed E-state index contributed by atoms with van der Waals surface area (Å²) in [4.78, 5) is 11.7. The molecule has 6 heteroatoms. The lowest BCUT2D eigenvalue weighted by atomic mass is 10.2. The summed E-state index contributed by atoms with van der Waals surface area (Å²) in [5.74, 6) is 3.34. The summed E-state index contributed by atoms with van der Waals surface area (Å²) in [7, 11) is 0. The van der Waals surface area contributed by atoms with E-state index in [0.717, 1.165) is 33.8 Å². The van der Waals surface area contributed by atoms with Gasteiger partial charge in [-0.25, -0.2) is 0 Å². The van der Waals surface area contributed by atoms with Crippen molar-refractivity contribution in [2.75, 3.05) is 25.5 Å². The lowest BCUT2D eigenvalue weighted by molar-refractivity contribution is -0.118. The third-order valence-corrected chi connectivity index (χ3v) is 4.63. The Morgan fingerprint density at radius 1 is 1.33 bits per heavy atom. The molecule has 0 spiro atoms. The van der Waals surface area contributed by atoms with E-state index >= 15 is 0 Å². The number of amides is 1. The molecular weight excluding hydrogens is 354 g/mol. The molecule has 0 saturated carbocycles. The molecule has 0 bridgehead atoms. The number of nitrogens with one attached hydrogen (secondary N) is 1. The average Bonchev–Trinajstić information content (AvgIpc) is 2.45. The fraction of sp³-hybridized carbons (Fsp3) is 0.533. The van der Waals surface area contributed by atoms with Crippen LogP contribution in [0.4, 0.5) is 0 Å². The van der Waals surface area contributed by atoms with E-state index in [0.29, 0.717) is 24.9 Å². The van der Waals surface area contributed by atoms with Crippen LogP contribution in [0.5, 0.6) is 11.5 Å². The third kappa shape index (κ3) is 5.11. The molecule has 0 saturated heterocycles. The van der Waals surface area contributed by atoms with Gasteiger partial charge in [0.1, 0.15) is 13.2 Å². The predicted molar refractivity (Wildman–Crippen MR) is 89.1 cm³/mol.